The first-order valence-corrected chi connectivity index (χ1v) is 10.3. The number of benzene rings is 1. The van der Waals surface area contributed by atoms with E-state index in [1.165, 1.54) is 32.8 Å². The fraction of sp³-hybridized carbons (Fsp3) is 0.739. The van der Waals surface area contributed by atoms with E-state index in [1.807, 2.05) is 0 Å². The van der Waals surface area contributed by atoms with Crippen molar-refractivity contribution < 1.29 is 13.5 Å². The molecule has 2 aliphatic carbocycles. The highest BCUT2D eigenvalue weighted by Gasteiger charge is 2.35. The van der Waals surface area contributed by atoms with Gasteiger partial charge in [0.1, 0.15) is 0 Å². The maximum Gasteiger partial charge on any atom is 0.200 e. The van der Waals surface area contributed by atoms with Gasteiger partial charge >= 0.3 is 0 Å². The highest BCUT2D eigenvalue weighted by Crippen LogP contribution is 2.47. The molecule has 146 valence electrons. The minimum atomic E-state index is -0.840. The minimum absolute atomic E-state index is 0.00413. The summed E-state index contributed by atoms with van der Waals surface area (Å²) in [5, 5.41) is 0. The summed E-state index contributed by atoms with van der Waals surface area (Å²) in [4.78, 5) is 0. The molecule has 2 saturated carbocycles. The van der Waals surface area contributed by atoms with Crippen molar-refractivity contribution in [3.63, 3.8) is 0 Å². The standard InChI is InChI=1S/C23H34F2O/c1-23(2,3)18-11-9-16(10-12-18)15-5-7-17(8-6-15)19-13-14-20(26-4)22(25)21(19)24/h13-18H,5-12H2,1-4H3. The Labute approximate surface area is 157 Å². The Balaban J connectivity index is 1.56. The Hall–Kier alpha value is -1.12. The maximum absolute atomic E-state index is 14.4. The molecule has 2 aliphatic rings. The molecule has 0 radical (unpaired) electrons. The molecule has 0 bridgehead atoms. The summed E-state index contributed by atoms with van der Waals surface area (Å²) in [6.07, 6.45) is 9.68. The van der Waals surface area contributed by atoms with E-state index in [-0.39, 0.29) is 11.7 Å². The third-order valence-electron chi connectivity index (χ3n) is 7.17. The van der Waals surface area contributed by atoms with E-state index in [0.717, 1.165) is 43.4 Å². The van der Waals surface area contributed by atoms with Crippen LogP contribution in [0.2, 0.25) is 0 Å². The molecule has 26 heavy (non-hydrogen) atoms. The molecule has 2 fully saturated rings. The van der Waals surface area contributed by atoms with Crippen molar-refractivity contribution in [1.29, 1.82) is 0 Å². The summed E-state index contributed by atoms with van der Waals surface area (Å²) in [6, 6.07) is 3.28. The zero-order chi connectivity index (χ0) is 18.9. The van der Waals surface area contributed by atoms with Crippen molar-refractivity contribution in [2.75, 3.05) is 7.11 Å². The average molecular weight is 365 g/mol. The monoisotopic (exact) mass is 364 g/mol. The van der Waals surface area contributed by atoms with Crippen LogP contribution in [0.15, 0.2) is 12.1 Å². The quantitative estimate of drug-likeness (QED) is 0.556. The van der Waals surface area contributed by atoms with Gasteiger partial charge < -0.3 is 4.74 Å². The lowest BCUT2D eigenvalue weighted by Gasteiger charge is -2.41. The van der Waals surface area contributed by atoms with Gasteiger partial charge in [-0.05, 0) is 92.1 Å². The molecule has 3 heteroatoms. The second-order valence-electron chi connectivity index (χ2n) is 9.57. The van der Waals surface area contributed by atoms with Crippen LogP contribution >= 0.6 is 0 Å². The molecule has 0 heterocycles. The molecule has 3 rings (SSSR count). The fourth-order valence-corrected chi connectivity index (χ4v) is 5.38. The summed E-state index contributed by atoms with van der Waals surface area (Å²) in [7, 11) is 1.37. The summed E-state index contributed by atoms with van der Waals surface area (Å²) < 4.78 is 33.3. The molecule has 0 aliphatic heterocycles. The van der Waals surface area contributed by atoms with Crippen LogP contribution in [-0.4, -0.2) is 7.11 Å². The largest absolute Gasteiger partial charge is 0.494 e. The Kier molecular flexibility index (Phi) is 5.94. The molecule has 0 unspecified atom stereocenters. The summed E-state index contributed by atoms with van der Waals surface area (Å²) in [5.74, 6) is 1.07. The van der Waals surface area contributed by atoms with E-state index in [4.69, 9.17) is 4.74 Å². The molecule has 1 nitrogen and oxygen atoms in total. The van der Waals surface area contributed by atoms with Crippen molar-refractivity contribution >= 4 is 0 Å². The predicted octanol–water partition coefficient (Wildman–Crippen LogP) is 7.10. The van der Waals surface area contributed by atoms with E-state index >= 15 is 0 Å². The topological polar surface area (TPSA) is 9.23 Å². The van der Waals surface area contributed by atoms with Crippen LogP contribution in [0.1, 0.15) is 83.6 Å². The Bertz CT molecular complexity index is 603. The van der Waals surface area contributed by atoms with Gasteiger partial charge in [-0.1, -0.05) is 26.8 Å². The van der Waals surface area contributed by atoms with Gasteiger partial charge in [0, 0.05) is 0 Å². The zero-order valence-corrected chi connectivity index (χ0v) is 16.8. The molecule has 1 aromatic carbocycles. The smallest absolute Gasteiger partial charge is 0.200 e. The number of rotatable bonds is 3. The van der Waals surface area contributed by atoms with Gasteiger partial charge in [0.15, 0.2) is 11.6 Å². The fourth-order valence-electron chi connectivity index (χ4n) is 5.38. The second-order valence-corrected chi connectivity index (χ2v) is 9.57. The Morgan fingerprint density at radius 3 is 1.85 bits per heavy atom. The molecule has 0 saturated heterocycles. The van der Waals surface area contributed by atoms with Gasteiger partial charge in [-0.2, -0.15) is 4.39 Å². The van der Waals surface area contributed by atoms with E-state index < -0.39 is 11.6 Å². The normalized spacial score (nSPS) is 30.2. The van der Waals surface area contributed by atoms with Gasteiger partial charge in [-0.3, -0.25) is 0 Å². The average Bonchev–Trinajstić information content (AvgIpc) is 2.63. The second kappa shape index (κ2) is 7.86. The number of methoxy groups -OCH3 is 1. The van der Waals surface area contributed by atoms with Crippen LogP contribution in [0, 0.1) is 34.8 Å². The maximum atomic E-state index is 14.4. The highest BCUT2D eigenvalue weighted by atomic mass is 19.2. The van der Waals surface area contributed by atoms with Crippen molar-refractivity contribution in [3.8, 4) is 5.75 Å². The van der Waals surface area contributed by atoms with Crippen LogP contribution in [0.4, 0.5) is 8.78 Å². The third kappa shape index (κ3) is 4.07. The van der Waals surface area contributed by atoms with Gasteiger partial charge in [-0.25, -0.2) is 4.39 Å². The molecule has 0 spiro atoms. The van der Waals surface area contributed by atoms with Crippen LogP contribution in [0.3, 0.4) is 0 Å². The molecular weight excluding hydrogens is 330 g/mol. The van der Waals surface area contributed by atoms with E-state index in [9.17, 15) is 8.78 Å². The van der Waals surface area contributed by atoms with E-state index in [0.29, 0.717) is 11.0 Å². The Morgan fingerprint density at radius 1 is 0.808 bits per heavy atom. The summed E-state index contributed by atoms with van der Waals surface area (Å²) >= 11 is 0. The Morgan fingerprint density at radius 2 is 1.35 bits per heavy atom. The van der Waals surface area contributed by atoms with E-state index in [1.54, 1.807) is 12.1 Å². The van der Waals surface area contributed by atoms with Crippen molar-refractivity contribution in [2.45, 2.75) is 78.1 Å². The van der Waals surface area contributed by atoms with E-state index in [2.05, 4.69) is 20.8 Å². The van der Waals surface area contributed by atoms with Crippen LogP contribution in [0.5, 0.6) is 5.75 Å². The van der Waals surface area contributed by atoms with Crippen molar-refractivity contribution in [3.05, 3.63) is 29.3 Å². The van der Waals surface area contributed by atoms with Crippen LogP contribution in [0.25, 0.3) is 0 Å². The first kappa shape index (κ1) is 19.6. The molecular formula is C23H34F2O. The SMILES string of the molecule is COc1ccc(C2CCC(C3CCC(C(C)(C)C)CC3)CC2)c(F)c1F. The molecule has 0 atom stereocenters. The van der Waals surface area contributed by atoms with Crippen LogP contribution in [-0.2, 0) is 0 Å². The molecule has 1 aromatic rings. The highest BCUT2D eigenvalue weighted by molar-refractivity contribution is 5.33. The number of hydrogen-bond donors (Lipinski definition) is 0. The molecule has 0 N–H and O–H groups in total. The molecule has 0 amide bonds. The van der Waals surface area contributed by atoms with Gasteiger partial charge in [0.2, 0.25) is 5.82 Å². The van der Waals surface area contributed by atoms with Crippen molar-refractivity contribution in [1.82, 2.24) is 0 Å². The lowest BCUT2D eigenvalue weighted by atomic mass is 9.64. The summed E-state index contributed by atoms with van der Waals surface area (Å²) in [6.45, 7) is 7.10. The molecule has 0 aromatic heterocycles. The third-order valence-corrected chi connectivity index (χ3v) is 7.17. The first-order valence-electron chi connectivity index (χ1n) is 10.3. The van der Waals surface area contributed by atoms with Crippen molar-refractivity contribution in [2.24, 2.45) is 23.2 Å². The lowest BCUT2D eigenvalue weighted by molar-refractivity contribution is 0.107. The van der Waals surface area contributed by atoms with Gasteiger partial charge in [-0.15, -0.1) is 0 Å². The van der Waals surface area contributed by atoms with Crippen LogP contribution < -0.4 is 4.74 Å². The number of halogens is 2. The minimum Gasteiger partial charge on any atom is -0.494 e. The predicted molar refractivity (Wildman–Crippen MR) is 103 cm³/mol. The lowest BCUT2D eigenvalue weighted by Crippen LogP contribution is -2.30. The summed E-state index contributed by atoms with van der Waals surface area (Å²) in [5.41, 5.74) is 0.969. The number of hydrogen-bond acceptors (Lipinski definition) is 1. The number of ether oxygens (including phenoxy) is 1. The zero-order valence-electron chi connectivity index (χ0n) is 16.8. The van der Waals surface area contributed by atoms with Gasteiger partial charge in [0.25, 0.3) is 0 Å². The van der Waals surface area contributed by atoms with Gasteiger partial charge in [0.05, 0.1) is 7.11 Å². The first-order chi connectivity index (χ1) is 12.3.